The van der Waals surface area contributed by atoms with Gasteiger partial charge in [-0.15, -0.1) is 0 Å². The lowest BCUT2D eigenvalue weighted by Crippen LogP contribution is -2.45. The van der Waals surface area contributed by atoms with Gasteiger partial charge in [0.2, 0.25) is 5.91 Å². The van der Waals surface area contributed by atoms with E-state index in [9.17, 15) is 14.7 Å². The van der Waals surface area contributed by atoms with Crippen LogP contribution in [0, 0.1) is 17.8 Å². The highest BCUT2D eigenvalue weighted by Gasteiger charge is 2.65. The predicted molar refractivity (Wildman–Crippen MR) is 85.5 cm³/mol. The molecule has 4 rings (SSSR count). The molecule has 1 spiro atoms. The molecule has 5 nitrogen and oxygen atoms in total. The molecule has 0 aromatic carbocycles. The number of carbonyl (C=O) groups is 2. The van der Waals surface area contributed by atoms with Crippen molar-refractivity contribution in [2.45, 2.75) is 37.9 Å². The summed E-state index contributed by atoms with van der Waals surface area (Å²) in [5.41, 5.74) is 1.70. The minimum atomic E-state index is -1.19. The van der Waals surface area contributed by atoms with Crippen molar-refractivity contribution in [1.29, 1.82) is 0 Å². The lowest BCUT2D eigenvalue weighted by molar-refractivity contribution is -0.313. The lowest BCUT2D eigenvalue weighted by atomic mass is 9.77. The third kappa shape index (κ3) is 2.18. The molecule has 24 heavy (non-hydrogen) atoms. The standard InChI is InChI=1S/C19H23NO4/c1-11(2)13-5-3-12(4-6-13)9-20-10-19-8-7-14(24-19)15(18(22)23)16(19)17(20)21/h3,7-8,13-16H,1,4-6,9-10H2,2H3,(H,22,23)/p-1/t13-,14-,15+,16-,19-/m1/s1. The molecule has 2 saturated heterocycles. The van der Waals surface area contributed by atoms with Gasteiger partial charge in [-0.2, -0.15) is 0 Å². The highest BCUT2D eigenvalue weighted by atomic mass is 16.5. The van der Waals surface area contributed by atoms with Crippen LogP contribution >= 0.6 is 0 Å². The van der Waals surface area contributed by atoms with Gasteiger partial charge in [0, 0.05) is 18.4 Å². The molecule has 0 N–H and O–H groups in total. The second-order valence-corrected chi connectivity index (χ2v) is 7.59. The van der Waals surface area contributed by atoms with Crippen molar-refractivity contribution < 1.29 is 19.4 Å². The average Bonchev–Trinajstić information content (AvgIpc) is 3.16. The first-order valence-electron chi connectivity index (χ1n) is 8.61. The molecule has 4 aliphatic rings. The summed E-state index contributed by atoms with van der Waals surface area (Å²) in [7, 11) is 0. The molecule has 0 radical (unpaired) electrons. The number of allylic oxidation sites excluding steroid dienone is 2. The van der Waals surface area contributed by atoms with E-state index in [-0.39, 0.29) is 5.91 Å². The number of hydrogen-bond donors (Lipinski definition) is 0. The summed E-state index contributed by atoms with van der Waals surface area (Å²) in [4.78, 5) is 26.0. The van der Waals surface area contributed by atoms with E-state index < -0.39 is 29.5 Å². The Hall–Kier alpha value is -1.88. The zero-order valence-electron chi connectivity index (χ0n) is 13.9. The molecule has 0 aromatic heterocycles. The predicted octanol–water partition coefficient (Wildman–Crippen LogP) is 0.821. The maximum absolute atomic E-state index is 12.8. The quantitative estimate of drug-likeness (QED) is 0.717. The smallest absolute Gasteiger partial charge is 0.230 e. The molecular weight excluding hydrogens is 306 g/mol. The van der Waals surface area contributed by atoms with Crippen LogP contribution < -0.4 is 5.11 Å². The summed E-state index contributed by atoms with van der Waals surface area (Å²) >= 11 is 0. The molecule has 3 heterocycles. The molecule has 128 valence electrons. The molecule has 1 amide bonds. The molecule has 5 heteroatoms. The van der Waals surface area contributed by atoms with Crippen LogP contribution in [0.3, 0.4) is 0 Å². The van der Waals surface area contributed by atoms with Crippen LogP contribution in [0.25, 0.3) is 0 Å². The monoisotopic (exact) mass is 328 g/mol. The topological polar surface area (TPSA) is 69.7 Å². The first-order chi connectivity index (χ1) is 11.4. The molecule has 2 fully saturated rings. The number of fused-ring (bicyclic) bond motifs is 1. The van der Waals surface area contributed by atoms with E-state index in [1.807, 2.05) is 6.08 Å². The number of rotatable bonds is 4. The van der Waals surface area contributed by atoms with Crippen molar-refractivity contribution in [2.24, 2.45) is 17.8 Å². The van der Waals surface area contributed by atoms with Crippen LogP contribution in [0.1, 0.15) is 26.2 Å². The Morgan fingerprint density at radius 3 is 2.96 bits per heavy atom. The van der Waals surface area contributed by atoms with Crippen LogP contribution in [-0.2, 0) is 14.3 Å². The van der Waals surface area contributed by atoms with E-state index in [0.29, 0.717) is 19.0 Å². The van der Waals surface area contributed by atoms with Crippen LogP contribution in [0.2, 0.25) is 0 Å². The van der Waals surface area contributed by atoms with Crippen LogP contribution in [0.15, 0.2) is 36.0 Å². The van der Waals surface area contributed by atoms with Gasteiger partial charge in [0.25, 0.3) is 0 Å². The average molecular weight is 328 g/mol. The number of amides is 1. The number of carboxylic acid groups (broad SMARTS) is 1. The Morgan fingerprint density at radius 2 is 2.33 bits per heavy atom. The van der Waals surface area contributed by atoms with Crippen molar-refractivity contribution >= 4 is 11.9 Å². The summed E-state index contributed by atoms with van der Waals surface area (Å²) in [5, 5.41) is 11.5. The largest absolute Gasteiger partial charge is 0.550 e. The van der Waals surface area contributed by atoms with E-state index in [0.717, 1.165) is 19.3 Å². The molecular formula is C19H22NO4-. The number of carbonyl (C=O) groups excluding carboxylic acids is 2. The van der Waals surface area contributed by atoms with E-state index >= 15 is 0 Å². The second kappa shape index (κ2) is 5.31. The van der Waals surface area contributed by atoms with Gasteiger partial charge in [-0.25, -0.2) is 0 Å². The van der Waals surface area contributed by atoms with Crippen molar-refractivity contribution in [2.75, 3.05) is 13.1 Å². The first-order valence-corrected chi connectivity index (χ1v) is 8.61. The minimum absolute atomic E-state index is 0.112. The fourth-order valence-electron chi connectivity index (χ4n) is 4.71. The maximum atomic E-state index is 12.8. The van der Waals surface area contributed by atoms with Crippen LogP contribution in [0.5, 0.6) is 0 Å². The Kier molecular flexibility index (Phi) is 3.46. The second-order valence-electron chi connectivity index (χ2n) is 7.59. The number of carboxylic acids is 1. The van der Waals surface area contributed by atoms with Gasteiger partial charge in [-0.05, 0) is 32.1 Å². The maximum Gasteiger partial charge on any atom is 0.230 e. The molecule has 3 aliphatic heterocycles. The molecule has 2 bridgehead atoms. The van der Waals surface area contributed by atoms with Gasteiger partial charge in [-0.1, -0.05) is 36.0 Å². The van der Waals surface area contributed by atoms with Gasteiger partial charge < -0.3 is 19.5 Å². The fraction of sp³-hybridized carbons (Fsp3) is 0.579. The number of nitrogens with zero attached hydrogens (tertiary/aromatic N) is 1. The van der Waals surface area contributed by atoms with E-state index in [4.69, 9.17) is 4.74 Å². The third-order valence-corrected chi connectivity index (χ3v) is 6.05. The van der Waals surface area contributed by atoms with Crippen molar-refractivity contribution in [3.63, 3.8) is 0 Å². The Morgan fingerprint density at radius 1 is 1.54 bits per heavy atom. The zero-order valence-corrected chi connectivity index (χ0v) is 13.9. The number of ether oxygens (including phenoxy) is 1. The van der Waals surface area contributed by atoms with Gasteiger partial charge in [0.05, 0.1) is 18.6 Å². The zero-order chi connectivity index (χ0) is 17.1. The van der Waals surface area contributed by atoms with Crippen LogP contribution in [-0.4, -0.2) is 41.6 Å². The van der Waals surface area contributed by atoms with E-state index in [2.05, 4.69) is 19.6 Å². The highest BCUT2D eigenvalue weighted by molar-refractivity contribution is 5.90. The van der Waals surface area contributed by atoms with Crippen LogP contribution in [0.4, 0.5) is 0 Å². The summed E-state index contributed by atoms with van der Waals surface area (Å²) in [6.45, 7) is 7.10. The minimum Gasteiger partial charge on any atom is -0.550 e. The van der Waals surface area contributed by atoms with Gasteiger partial charge in [0.15, 0.2) is 0 Å². The summed E-state index contributed by atoms with van der Waals surface area (Å²) in [6, 6.07) is 0. The summed E-state index contributed by atoms with van der Waals surface area (Å²) < 4.78 is 5.87. The Labute approximate surface area is 141 Å². The normalized spacial score (nSPS) is 40.0. The first kappa shape index (κ1) is 15.6. The number of hydrogen-bond acceptors (Lipinski definition) is 4. The summed E-state index contributed by atoms with van der Waals surface area (Å²) in [6.07, 6.45) is 8.35. The Balaban J connectivity index is 1.50. The highest BCUT2D eigenvalue weighted by Crippen LogP contribution is 2.51. The summed E-state index contributed by atoms with van der Waals surface area (Å²) in [5.74, 6) is -2.26. The molecule has 0 saturated carbocycles. The SMILES string of the molecule is C=C(C)[C@@H]1CC=C(CN2C[C@@]34C=C[C@@H](O3)[C@H](C(=O)[O-])[C@@H]4C2=O)CC1. The van der Waals surface area contributed by atoms with Gasteiger partial charge >= 0.3 is 0 Å². The fourth-order valence-corrected chi connectivity index (χ4v) is 4.71. The number of likely N-dealkylation sites (tertiary alicyclic amines) is 1. The van der Waals surface area contributed by atoms with Gasteiger partial charge in [0.1, 0.15) is 5.60 Å². The molecule has 0 aromatic rings. The third-order valence-electron chi connectivity index (χ3n) is 6.05. The lowest BCUT2D eigenvalue weighted by Gasteiger charge is -2.27. The Bertz CT molecular complexity index is 679. The van der Waals surface area contributed by atoms with E-state index in [1.165, 1.54) is 11.1 Å². The van der Waals surface area contributed by atoms with Crippen molar-refractivity contribution in [3.8, 4) is 0 Å². The molecule has 1 aliphatic carbocycles. The van der Waals surface area contributed by atoms with Gasteiger partial charge in [-0.3, -0.25) is 4.79 Å². The molecule has 5 atom stereocenters. The molecule has 0 unspecified atom stereocenters. The number of aliphatic carboxylic acids is 1. The van der Waals surface area contributed by atoms with E-state index in [1.54, 1.807) is 11.0 Å². The van der Waals surface area contributed by atoms with Crippen molar-refractivity contribution in [1.82, 2.24) is 4.90 Å². The van der Waals surface area contributed by atoms with Crippen molar-refractivity contribution in [3.05, 3.63) is 36.0 Å².